The van der Waals surface area contributed by atoms with Crippen LogP contribution in [0.15, 0.2) is 12.7 Å². The Morgan fingerprint density at radius 2 is 1.93 bits per heavy atom. The Hall–Kier alpha value is -1.20. The van der Waals surface area contributed by atoms with E-state index in [1.807, 2.05) is 6.92 Å². The maximum Gasteiger partial charge on any atom is 0.332 e. The SMILES string of the molecule is C=C[C@]1(C)C[C@@H](OC(=O)CO)[C@]2(C)[C@H](C)CC[C@]3(CC[C@@H](OC)[C@@H]32)[C@@H](C)C1=O. The smallest absolute Gasteiger partial charge is 0.332 e. The number of carbonyl (C=O) groups is 2. The molecule has 3 aliphatic rings. The van der Waals surface area contributed by atoms with Gasteiger partial charge in [-0.15, -0.1) is 6.58 Å². The topological polar surface area (TPSA) is 72.8 Å². The highest BCUT2D eigenvalue weighted by Gasteiger charge is 2.68. The normalized spacial score (nSPS) is 48.4. The Morgan fingerprint density at radius 3 is 2.50 bits per heavy atom. The minimum Gasteiger partial charge on any atom is -0.460 e. The zero-order valence-corrected chi connectivity index (χ0v) is 18.0. The summed E-state index contributed by atoms with van der Waals surface area (Å²) < 4.78 is 11.8. The molecule has 3 aliphatic carbocycles. The molecule has 158 valence electrons. The number of aliphatic hydroxyl groups is 1. The summed E-state index contributed by atoms with van der Waals surface area (Å²) in [6.07, 6.45) is 5.58. The van der Waals surface area contributed by atoms with Gasteiger partial charge in [-0.3, -0.25) is 4.79 Å². The van der Waals surface area contributed by atoms with E-state index in [1.54, 1.807) is 13.2 Å². The van der Waals surface area contributed by atoms with E-state index in [4.69, 9.17) is 9.47 Å². The first kappa shape index (κ1) is 21.5. The number of ether oxygens (including phenoxy) is 2. The van der Waals surface area contributed by atoms with Gasteiger partial charge in [0.1, 0.15) is 18.5 Å². The highest BCUT2D eigenvalue weighted by molar-refractivity contribution is 5.89. The molecule has 5 heteroatoms. The van der Waals surface area contributed by atoms with Gasteiger partial charge >= 0.3 is 5.97 Å². The molecule has 8 atom stereocenters. The van der Waals surface area contributed by atoms with Gasteiger partial charge in [0, 0.05) is 36.2 Å². The molecule has 0 aromatic heterocycles. The van der Waals surface area contributed by atoms with Gasteiger partial charge in [-0.05, 0) is 43.9 Å². The average molecular weight is 393 g/mol. The van der Waals surface area contributed by atoms with Gasteiger partial charge in [-0.1, -0.05) is 26.8 Å². The molecule has 5 nitrogen and oxygen atoms in total. The van der Waals surface area contributed by atoms with Crippen LogP contribution in [0.1, 0.15) is 59.8 Å². The number of hydrogen-bond donors (Lipinski definition) is 1. The lowest BCUT2D eigenvalue weighted by molar-refractivity contribution is -0.205. The average Bonchev–Trinajstić information content (AvgIpc) is 3.09. The summed E-state index contributed by atoms with van der Waals surface area (Å²) in [5.41, 5.74) is -1.24. The van der Waals surface area contributed by atoms with Crippen LogP contribution in [-0.2, 0) is 19.1 Å². The fourth-order valence-electron chi connectivity index (χ4n) is 6.99. The number of ketones is 1. The highest BCUT2D eigenvalue weighted by atomic mass is 16.6. The van der Waals surface area contributed by atoms with E-state index in [1.165, 1.54) is 0 Å². The Bertz CT molecular complexity index is 659. The molecule has 3 rings (SSSR count). The van der Waals surface area contributed by atoms with Crippen LogP contribution in [-0.4, -0.2) is 42.8 Å². The molecule has 2 bridgehead atoms. The van der Waals surface area contributed by atoms with Gasteiger partial charge in [0.15, 0.2) is 0 Å². The Kier molecular flexibility index (Phi) is 5.56. The molecule has 0 aromatic carbocycles. The van der Waals surface area contributed by atoms with Crippen molar-refractivity contribution in [3.8, 4) is 0 Å². The molecule has 0 saturated heterocycles. The number of carbonyl (C=O) groups excluding carboxylic acids is 2. The number of rotatable bonds is 4. The minimum absolute atomic E-state index is 0.0476. The maximum absolute atomic E-state index is 13.7. The second kappa shape index (κ2) is 7.24. The van der Waals surface area contributed by atoms with Crippen LogP contribution in [0.25, 0.3) is 0 Å². The van der Waals surface area contributed by atoms with Crippen molar-refractivity contribution < 1.29 is 24.2 Å². The van der Waals surface area contributed by atoms with Crippen LogP contribution in [0.4, 0.5) is 0 Å². The van der Waals surface area contributed by atoms with E-state index in [-0.39, 0.29) is 34.6 Å². The second-order valence-corrected chi connectivity index (χ2v) is 9.88. The summed E-state index contributed by atoms with van der Waals surface area (Å²) in [4.78, 5) is 25.8. The van der Waals surface area contributed by atoms with Crippen LogP contribution >= 0.6 is 0 Å². The monoisotopic (exact) mass is 392 g/mol. The van der Waals surface area contributed by atoms with E-state index < -0.39 is 24.1 Å². The summed E-state index contributed by atoms with van der Waals surface area (Å²) in [5.74, 6) is -0.0900. The van der Waals surface area contributed by atoms with E-state index >= 15 is 0 Å². The van der Waals surface area contributed by atoms with Crippen LogP contribution in [0.5, 0.6) is 0 Å². The Morgan fingerprint density at radius 1 is 1.29 bits per heavy atom. The molecule has 3 saturated carbocycles. The molecule has 0 radical (unpaired) electrons. The number of methoxy groups -OCH3 is 1. The number of esters is 1. The van der Waals surface area contributed by atoms with Gasteiger partial charge in [0.05, 0.1) is 6.10 Å². The number of Topliss-reactive ketones (excluding diaryl/α,β-unsaturated/α-hetero) is 1. The quantitative estimate of drug-likeness (QED) is 0.585. The first-order valence-electron chi connectivity index (χ1n) is 10.6. The minimum atomic E-state index is -0.763. The molecule has 0 unspecified atom stereocenters. The van der Waals surface area contributed by atoms with Gasteiger partial charge in [-0.2, -0.15) is 0 Å². The standard InChI is InChI=1S/C23H36O5/c1-7-21(4)12-17(28-18(25)13-24)22(5)14(2)8-10-23(15(3)20(21)26)11-9-16(27-6)19(22)23/h7,14-17,19,24H,1,8-13H2,2-6H3/t14-,15+,16-,17-,19-,21-,22+,23+/m1/s1. The van der Waals surface area contributed by atoms with Crippen LogP contribution in [0.3, 0.4) is 0 Å². The largest absolute Gasteiger partial charge is 0.460 e. The van der Waals surface area contributed by atoms with Crippen molar-refractivity contribution in [1.82, 2.24) is 0 Å². The predicted molar refractivity (Wildman–Crippen MR) is 107 cm³/mol. The molecule has 0 heterocycles. The molecule has 0 aromatic rings. The van der Waals surface area contributed by atoms with E-state index in [0.717, 1.165) is 25.7 Å². The molecule has 0 spiro atoms. The highest BCUT2D eigenvalue weighted by Crippen LogP contribution is 2.68. The van der Waals surface area contributed by atoms with Crippen molar-refractivity contribution >= 4 is 11.8 Å². The predicted octanol–water partition coefficient (Wildman–Crippen LogP) is 3.54. The van der Waals surface area contributed by atoms with E-state index in [0.29, 0.717) is 12.3 Å². The van der Waals surface area contributed by atoms with Crippen molar-refractivity contribution in [2.45, 2.75) is 72.0 Å². The van der Waals surface area contributed by atoms with E-state index in [2.05, 4.69) is 27.4 Å². The maximum atomic E-state index is 13.7. The summed E-state index contributed by atoms with van der Waals surface area (Å²) in [7, 11) is 1.75. The lowest BCUT2D eigenvalue weighted by Crippen LogP contribution is -2.63. The summed E-state index contributed by atoms with van der Waals surface area (Å²) >= 11 is 0. The lowest BCUT2D eigenvalue weighted by atomic mass is 9.44. The van der Waals surface area contributed by atoms with Crippen LogP contribution < -0.4 is 0 Å². The third-order valence-electron chi connectivity index (χ3n) is 8.94. The van der Waals surface area contributed by atoms with Gasteiger partial charge in [-0.25, -0.2) is 4.79 Å². The van der Waals surface area contributed by atoms with Crippen molar-refractivity contribution in [2.75, 3.05) is 13.7 Å². The fourth-order valence-corrected chi connectivity index (χ4v) is 6.99. The molecular formula is C23H36O5. The van der Waals surface area contributed by atoms with Crippen molar-refractivity contribution in [1.29, 1.82) is 0 Å². The summed E-state index contributed by atoms with van der Waals surface area (Å²) in [6.45, 7) is 11.8. The number of allylic oxidation sites excluding steroid dienone is 1. The molecule has 0 aliphatic heterocycles. The molecular weight excluding hydrogens is 356 g/mol. The fraction of sp³-hybridized carbons (Fsp3) is 0.826. The number of hydrogen-bond acceptors (Lipinski definition) is 5. The molecule has 1 N–H and O–H groups in total. The summed E-state index contributed by atoms with van der Waals surface area (Å²) in [5, 5.41) is 9.35. The zero-order valence-electron chi connectivity index (χ0n) is 18.0. The zero-order chi connectivity index (χ0) is 20.9. The van der Waals surface area contributed by atoms with E-state index in [9.17, 15) is 14.7 Å². The van der Waals surface area contributed by atoms with Crippen molar-refractivity contribution in [3.63, 3.8) is 0 Å². The third-order valence-corrected chi connectivity index (χ3v) is 8.94. The first-order chi connectivity index (χ1) is 13.1. The van der Waals surface area contributed by atoms with Crippen molar-refractivity contribution in [2.24, 2.45) is 34.0 Å². The molecule has 0 amide bonds. The van der Waals surface area contributed by atoms with Crippen molar-refractivity contribution in [3.05, 3.63) is 12.7 Å². The third kappa shape index (κ3) is 2.80. The second-order valence-electron chi connectivity index (χ2n) is 9.88. The summed E-state index contributed by atoms with van der Waals surface area (Å²) in [6, 6.07) is 0. The molecule has 28 heavy (non-hydrogen) atoms. The Labute approximate surface area is 168 Å². The van der Waals surface area contributed by atoms with Gasteiger partial charge in [0.2, 0.25) is 0 Å². The lowest BCUT2D eigenvalue weighted by Gasteiger charge is -2.61. The molecule has 3 fully saturated rings. The van der Waals surface area contributed by atoms with Crippen LogP contribution in [0.2, 0.25) is 0 Å². The van der Waals surface area contributed by atoms with Crippen LogP contribution in [0, 0.1) is 34.0 Å². The number of aliphatic hydroxyl groups excluding tert-OH is 1. The Balaban J connectivity index is 2.22. The van der Waals surface area contributed by atoms with Gasteiger partial charge in [0.25, 0.3) is 0 Å². The first-order valence-corrected chi connectivity index (χ1v) is 10.6. The van der Waals surface area contributed by atoms with Gasteiger partial charge < -0.3 is 14.6 Å².